The molecule has 1 aromatic rings. The van der Waals surface area contributed by atoms with E-state index in [1.165, 1.54) is 14.2 Å². The van der Waals surface area contributed by atoms with Gasteiger partial charge in [0.15, 0.2) is 6.29 Å². The van der Waals surface area contributed by atoms with Gasteiger partial charge in [0.25, 0.3) is 0 Å². The van der Waals surface area contributed by atoms with Gasteiger partial charge < -0.3 is 14.8 Å². The normalized spacial score (nSPS) is 12.5. The van der Waals surface area contributed by atoms with Crippen molar-refractivity contribution in [3.63, 3.8) is 0 Å². The molecule has 0 bridgehead atoms. The number of methoxy groups -OCH3 is 2. The first kappa shape index (κ1) is 15.5. The van der Waals surface area contributed by atoms with Crippen LogP contribution in [0.5, 0.6) is 0 Å². The van der Waals surface area contributed by atoms with Crippen LogP contribution in [0.25, 0.3) is 0 Å². The summed E-state index contributed by atoms with van der Waals surface area (Å²) in [5.74, 6) is -1.50. The molecule has 0 spiro atoms. The highest BCUT2D eigenvalue weighted by Crippen LogP contribution is 2.15. The van der Waals surface area contributed by atoms with Gasteiger partial charge in [0, 0.05) is 26.3 Å². The van der Waals surface area contributed by atoms with Crippen LogP contribution in [-0.4, -0.2) is 26.6 Å². The lowest BCUT2D eigenvalue weighted by Crippen LogP contribution is -2.39. The fraction of sp³-hybridized carbons (Fsp3) is 0.462. The minimum Gasteiger partial charge on any atom is -0.354 e. The standard InChI is InChI=1S/C13H16F2N2O2/c1-8(13(18-2)19-3)17-7-10-11(14)4-9(6-16)5-12(10)15/h4-5,8,13,17H,7H2,1-3H3. The van der Waals surface area contributed by atoms with E-state index < -0.39 is 17.9 Å². The Bertz CT molecular complexity index is 447. The lowest BCUT2D eigenvalue weighted by atomic mass is 10.1. The minimum absolute atomic E-state index is 0.0201. The van der Waals surface area contributed by atoms with Gasteiger partial charge >= 0.3 is 0 Å². The molecule has 104 valence electrons. The Kier molecular flexibility index (Phi) is 5.83. The molecule has 0 radical (unpaired) electrons. The highest BCUT2D eigenvalue weighted by molar-refractivity contribution is 5.34. The maximum atomic E-state index is 13.6. The van der Waals surface area contributed by atoms with Gasteiger partial charge in [-0.2, -0.15) is 5.26 Å². The van der Waals surface area contributed by atoms with Crippen molar-refractivity contribution in [2.45, 2.75) is 25.8 Å². The molecule has 1 aromatic carbocycles. The fourth-order valence-corrected chi connectivity index (χ4v) is 1.70. The van der Waals surface area contributed by atoms with Gasteiger partial charge in [-0.1, -0.05) is 0 Å². The summed E-state index contributed by atoms with van der Waals surface area (Å²) in [5, 5.41) is 11.5. The number of halogens is 2. The van der Waals surface area contributed by atoms with E-state index in [1.54, 1.807) is 13.0 Å². The predicted molar refractivity (Wildman–Crippen MR) is 65.2 cm³/mol. The topological polar surface area (TPSA) is 54.3 Å². The largest absolute Gasteiger partial charge is 0.354 e. The van der Waals surface area contributed by atoms with Crippen molar-refractivity contribution in [1.82, 2.24) is 5.32 Å². The average molecular weight is 270 g/mol. The highest BCUT2D eigenvalue weighted by atomic mass is 19.1. The number of nitriles is 1. The Balaban J connectivity index is 2.76. The third-order valence-electron chi connectivity index (χ3n) is 2.74. The molecular formula is C13H16F2N2O2. The van der Waals surface area contributed by atoms with Crippen LogP contribution in [-0.2, 0) is 16.0 Å². The van der Waals surface area contributed by atoms with Crippen LogP contribution < -0.4 is 5.32 Å². The third kappa shape index (κ3) is 3.96. The molecule has 0 aromatic heterocycles. The number of hydrogen-bond acceptors (Lipinski definition) is 4. The Hall–Kier alpha value is -1.55. The van der Waals surface area contributed by atoms with Gasteiger partial charge in [0.05, 0.1) is 17.7 Å². The second kappa shape index (κ2) is 7.14. The highest BCUT2D eigenvalue weighted by Gasteiger charge is 2.17. The number of rotatable bonds is 6. The minimum atomic E-state index is -0.748. The van der Waals surface area contributed by atoms with Crippen molar-refractivity contribution in [3.05, 3.63) is 34.9 Å². The monoisotopic (exact) mass is 270 g/mol. The number of benzene rings is 1. The molecule has 6 heteroatoms. The maximum Gasteiger partial charge on any atom is 0.171 e. The van der Waals surface area contributed by atoms with Crippen LogP contribution in [0.3, 0.4) is 0 Å². The van der Waals surface area contributed by atoms with Crippen LogP contribution in [0, 0.1) is 23.0 Å². The summed E-state index contributed by atoms with van der Waals surface area (Å²) >= 11 is 0. The summed E-state index contributed by atoms with van der Waals surface area (Å²) in [6.07, 6.45) is -0.510. The summed E-state index contributed by atoms with van der Waals surface area (Å²) in [5.41, 5.74) is -0.157. The van der Waals surface area contributed by atoms with Gasteiger partial charge in [-0.25, -0.2) is 8.78 Å². The van der Waals surface area contributed by atoms with E-state index in [4.69, 9.17) is 14.7 Å². The molecule has 4 nitrogen and oxygen atoms in total. The molecule has 0 heterocycles. The van der Waals surface area contributed by atoms with Crippen LogP contribution in [0.1, 0.15) is 18.1 Å². The van der Waals surface area contributed by atoms with Crippen molar-refractivity contribution in [2.75, 3.05) is 14.2 Å². The van der Waals surface area contributed by atoms with E-state index in [9.17, 15) is 8.78 Å². The molecule has 0 aliphatic carbocycles. The molecule has 1 atom stereocenters. The molecule has 0 aliphatic heterocycles. The van der Waals surface area contributed by atoms with Gasteiger partial charge in [-0.15, -0.1) is 0 Å². The number of hydrogen-bond donors (Lipinski definition) is 1. The molecule has 19 heavy (non-hydrogen) atoms. The number of nitrogens with zero attached hydrogens (tertiary/aromatic N) is 1. The summed E-state index contributed by atoms with van der Waals surface area (Å²) in [6.45, 7) is 1.75. The van der Waals surface area contributed by atoms with Gasteiger partial charge in [0.2, 0.25) is 0 Å². The van der Waals surface area contributed by atoms with Crippen molar-refractivity contribution >= 4 is 0 Å². The lowest BCUT2D eigenvalue weighted by Gasteiger charge is -2.22. The van der Waals surface area contributed by atoms with Crippen molar-refractivity contribution in [1.29, 1.82) is 5.26 Å². The summed E-state index contributed by atoms with van der Waals surface area (Å²) < 4.78 is 37.3. The van der Waals surface area contributed by atoms with Crippen LogP contribution in [0.4, 0.5) is 8.78 Å². The molecule has 1 rings (SSSR count). The average Bonchev–Trinajstić information content (AvgIpc) is 2.38. The van der Waals surface area contributed by atoms with E-state index >= 15 is 0 Å². The molecule has 1 unspecified atom stereocenters. The molecule has 0 saturated carbocycles. The number of ether oxygens (including phenoxy) is 2. The predicted octanol–water partition coefficient (Wildman–Crippen LogP) is 1.93. The first-order valence-corrected chi connectivity index (χ1v) is 5.70. The molecule has 0 amide bonds. The molecule has 1 N–H and O–H groups in total. The summed E-state index contributed by atoms with van der Waals surface area (Å²) in [4.78, 5) is 0. The summed E-state index contributed by atoms with van der Waals surface area (Å²) in [7, 11) is 2.96. The third-order valence-corrected chi connectivity index (χ3v) is 2.74. The Labute approximate surface area is 110 Å². The van der Waals surface area contributed by atoms with Crippen molar-refractivity contribution in [2.24, 2.45) is 0 Å². The van der Waals surface area contributed by atoms with Crippen LogP contribution in [0.15, 0.2) is 12.1 Å². The van der Waals surface area contributed by atoms with E-state index in [0.29, 0.717) is 0 Å². The molecular weight excluding hydrogens is 254 g/mol. The molecule has 0 fully saturated rings. The van der Waals surface area contributed by atoms with Crippen molar-refractivity contribution in [3.8, 4) is 6.07 Å². The second-order valence-electron chi connectivity index (χ2n) is 4.04. The van der Waals surface area contributed by atoms with Crippen molar-refractivity contribution < 1.29 is 18.3 Å². The number of nitrogens with one attached hydrogen (secondary N) is 1. The Morgan fingerprint density at radius 2 is 1.79 bits per heavy atom. The van der Waals surface area contributed by atoms with Gasteiger partial charge in [-0.3, -0.25) is 0 Å². The second-order valence-corrected chi connectivity index (χ2v) is 4.04. The van der Waals surface area contributed by atoms with E-state index in [1.807, 2.05) is 0 Å². The zero-order valence-electron chi connectivity index (χ0n) is 11.0. The first-order valence-electron chi connectivity index (χ1n) is 5.70. The summed E-state index contributed by atoms with van der Waals surface area (Å²) in [6, 6.07) is 3.47. The lowest BCUT2D eigenvalue weighted by molar-refractivity contribution is -0.119. The zero-order valence-corrected chi connectivity index (χ0v) is 11.0. The van der Waals surface area contributed by atoms with Crippen LogP contribution in [0.2, 0.25) is 0 Å². The van der Waals surface area contributed by atoms with E-state index in [0.717, 1.165) is 12.1 Å². The van der Waals surface area contributed by atoms with Gasteiger partial charge in [-0.05, 0) is 19.1 Å². The quantitative estimate of drug-likeness (QED) is 0.803. The fourth-order valence-electron chi connectivity index (χ4n) is 1.70. The van der Waals surface area contributed by atoms with E-state index in [2.05, 4.69) is 5.32 Å². The van der Waals surface area contributed by atoms with Gasteiger partial charge in [0.1, 0.15) is 11.6 Å². The Morgan fingerprint density at radius 1 is 1.26 bits per heavy atom. The smallest absolute Gasteiger partial charge is 0.171 e. The molecule has 0 aliphatic rings. The zero-order chi connectivity index (χ0) is 14.4. The SMILES string of the molecule is COC(OC)C(C)NCc1c(F)cc(C#N)cc1F. The van der Waals surface area contributed by atoms with E-state index in [-0.39, 0.29) is 23.7 Å². The molecule has 0 saturated heterocycles. The maximum absolute atomic E-state index is 13.6. The van der Waals surface area contributed by atoms with Crippen LogP contribution >= 0.6 is 0 Å². The first-order chi connectivity index (χ1) is 9.03. The Morgan fingerprint density at radius 3 is 2.21 bits per heavy atom.